The standard InChI is InChI=1S/C20H21N3O/c1-16(14-23-12-11-21-15-23)22-20(24)13-17-7-9-19(10-8-17)18-5-3-2-4-6-18/h2-12,15-16H,13-14H2,1H3,(H,22,24)/t16-/m1/s1. The van der Waals surface area contributed by atoms with Crippen molar-refractivity contribution in [2.24, 2.45) is 0 Å². The predicted molar refractivity (Wildman–Crippen MR) is 95.4 cm³/mol. The Morgan fingerprint density at radius 2 is 1.79 bits per heavy atom. The first-order chi connectivity index (χ1) is 11.7. The number of amides is 1. The van der Waals surface area contributed by atoms with E-state index in [2.05, 4.69) is 34.6 Å². The average Bonchev–Trinajstić information content (AvgIpc) is 3.09. The van der Waals surface area contributed by atoms with Crippen LogP contribution >= 0.6 is 0 Å². The maximum absolute atomic E-state index is 12.2. The molecule has 0 radical (unpaired) electrons. The van der Waals surface area contributed by atoms with Crippen molar-refractivity contribution < 1.29 is 4.79 Å². The van der Waals surface area contributed by atoms with Crippen LogP contribution < -0.4 is 5.32 Å². The van der Waals surface area contributed by atoms with Crippen LogP contribution in [0.4, 0.5) is 0 Å². The van der Waals surface area contributed by atoms with Gasteiger partial charge in [-0.2, -0.15) is 0 Å². The highest BCUT2D eigenvalue weighted by Crippen LogP contribution is 2.19. The fourth-order valence-corrected chi connectivity index (χ4v) is 2.71. The second-order valence-corrected chi connectivity index (χ2v) is 5.97. The Morgan fingerprint density at radius 1 is 1.08 bits per heavy atom. The lowest BCUT2D eigenvalue weighted by Crippen LogP contribution is -2.36. The molecule has 1 heterocycles. The predicted octanol–water partition coefficient (Wildman–Crippen LogP) is 3.30. The van der Waals surface area contributed by atoms with E-state index in [4.69, 9.17) is 0 Å². The number of rotatable bonds is 6. The van der Waals surface area contributed by atoms with E-state index in [0.717, 1.165) is 17.7 Å². The molecular formula is C20H21N3O. The monoisotopic (exact) mass is 319 g/mol. The van der Waals surface area contributed by atoms with E-state index in [-0.39, 0.29) is 11.9 Å². The summed E-state index contributed by atoms with van der Waals surface area (Å²) in [6.07, 6.45) is 5.78. The average molecular weight is 319 g/mol. The first-order valence-corrected chi connectivity index (χ1v) is 8.10. The van der Waals surface area contributed by atoms with Crippen LogP contribution in [-0.2, 0) is 17.8 Å². The minimum atomic E-state index is 0.0371. The number of hydrogen-bond donors (Lipinski definition) is 1. The molecule has 1 atom stereocenters. The second kappa shape index (κ2) is 7.59. The summed E-state index contributed by atoms with van der Waals surface area (Å²) in [5, 5.41) is 3.03. The molecule has 0 saturated carbocycles. The molecule has 0 unspecified atom stereocenters. The molecule has 2 aromatic carbocycles. The van der Waals surface area contributed by atoms with Gasteiger partial charge in [0.15, 0.2) is 0 Å². The molecule has 0 aliphatic rings. The summed E-state index contributed by atoms with van der Waals surface area (Å²) in [6.45, 7) is 2.72. The number of carbonyl (C=O) groups excluding carboxylic acids is 1. The van der Waals surface area contributed by atoms with Crippen LogP contribution in [0, 0.1) is 0 Å². The summed E-state index contributed by atoms with van der Waals surface area (Å²) in [5.41, 5.74) is 3.36. The molecule has 1 aromatic heterocycles. The van der Waals surface area contributed by atoms with Gasteiger partial charge >= 0.3 is 0 Å². The zero-order chi connectivity index (χ0) is 16.8. The Balaban J connectivity index is 1.54. The quantitative estimate of drug-likeness (QED) is 0.758. The van der Waals surface area contributed by atoms with Crippen molar-refractivity contribution in [3.63, 3.8) is 0 Å². The van der Waals surface area contributed by atoms with Crippen molar-refractivity contribution in [3.05, 3.63) is 78.9 Å². The molecule has 0 fully saturated rings. The van der Waals surface area contributed by atoms with Crippen LogP contribution in [0.1, 0.15) is 12.5 Å². The van der Waals surface area contributed by atoms with Crippen molar-refractivity contribution in [3.8, 4) is 11.1 Å². The van der Waals surface area contributed by atoms with Crippen molar-refractivity contribution in [1.29, 1.82) is 0 Å². The van der Waals surface area contributed by atoms with Gasteiger partial charge in [-0.25, -0.2) is 4.98 Å². The Morgan fingerprint density at radius 3 is 2.46 bits per heavy atom. The third-order valence-electron chi connectivity index (χ3n) is 3.88. The summed E-state index contributed by atoms with van der Waals surface area (Å²) in [4.78, 5) is 16.2. The summed E-state index contributed by atoms with van der Waals surface area (Å²) in [7, 11) is 0. The molecule has 4 nitrogen and oxygen atoms in total. The Hall–Kier alpha value is -2.88. The fourth-order valence-electron chi connectivity index (χ4n) is 2.71. The van der Waals surface area contributed by atoms with Crippen LogP contribution in [-0.4, -0.2) is 21.5 Å². The van der Waals surface area contributed by atoms with Crippen LogP contribution in [0.5, 0.6) is 0 Å². The maximum atomic E-state index is 12.2. The molecule has 122 valence electrons. The van der Waals surface area contributed by atoms with Gasteiger partial charge in [0, 0.05) is 25.0 Å². The summed E-state index contributed by atoms with van der Waals surface area (Å²) in [5.74, 6) is 0.0371. The Labute approximate surface area is 142 Å². The van der Waals surface area contributed by atoms with Crippen molar-refractivity contribution in [1.82, 2.24) is 14.9 Å². The number of hydrogen-bond acceptors (Lipinski definition) is 2. The highest BCUT2D eigenvalue weighted by molar-refractivity contribution is 5.79. The topological polar surface area (TPSA) is 46.9 Å². The van der Waals surface area contributed by atoms with Gasteiger partial charge in [0.25, 0.3) is 0 Å². The van der Waals surface area contributed by atoms with Gasteiger partial charge in [0.2, 0.25) is 5.91 Å². The van der Waals surface area contributed by atoms with Gasteiger partial charge < -0.3 is 9.88 Å². The van der Waals surface area contributed by atoms with Gasteiger partial charge in [-0.3, -0.25) is 4.79 Å². The zero-order valence-corrected chi connectivity index (χ0v) is 13.7. The van der Waals surface area contributed by atoms with Gasteiger partial charge in [-0.15, -0.1) is 0 Å². The lowest BCUT2D eigenvalue weighted by atomic mass is 10.0. The maximum Gasteiger partial charge on any atom is 0.224 e. The molecule has 1 N–H and O–H groups in total. The Kier molecular flexibility index (Phi) is 5.06. The second-order valence-electron chi connectivity index (χ2n) is 5.97. The van der Waals surface area contributed by atoms with Crippen LogP contribution in [0.2, 0.25) is 0 Å². The van der Waals surface area contributed by atoms with E-state index < -0.39 is 0 Å². The van der Waals surface area contributed by atoms with E-state index in [1.807, 2.05) is 48.0 Å². The summed E-state index contributed by atoms with van der Waals surface area (Å²) in [6, 6.07) is 18.4. The van der Waals surface area contributed by atoms with E-state index in [0.29, 0.717) is 6.42 Å². The van der Waals surface area contributed by atoms with E-state index in [1.165, 1.54) is 5.56 Å². The van der Waals surface area contributed by atoms with E-state index >= 15 is 0 Å². The number of imidazole rings is 1. The molecule has 0 aliphatic carbocycles. The lowest BCUT2D eigenvalue weighted by molar-refractivity contribution is -0.121. The number of nitrogens with one attached hydrogen (secondary N) is 1. The smallest absolute Gasteiger partial charge is 0.224 e. The first kappa shape index (κ1) is 16.0. The minimum Gasteiger partial charge on any atom is -0.352 e. The Bertz CT molecular complexity index is 764. The normalized spacial score (nSPS) is 11.9. The SMILES string of the molecule is C[C@H](Cn1ccnc1)NC(=O)Cc1ccc(-c2ccccc2)cc1. The fraction of sp³-hybridized carbons (Fsp3) is 0.200. The van der Waals surface area contributed by atoms with Crippen LogP contribution in [0.3, 0.4) is 0 Å². The highest BCUT2D eigenvalue weighted by atomic mass is 16.1. The number of nitrogens with zero attached hydrogens (tertiary/aromatic N) is 2. The number of carbonyl (C=O) groups is 1. The van der Waals surface area contributed by atoms with Crippen molar-refractivity contribution in [2.75, 3.05) is 0 Å². The number of aromatic nitrogens is 2. The van der Waals surface area contributed by atoms with Crippen molar-refractivity contribution in [2.45, 2.75) is 25.9 Å². The lowest BCUT2D eigenvalue weighted by Gasteiger charge is -2.14. The third kappa shape index (κ3) is 4.32. The largest absolute Gasteiger partial charge is 0.352 e. The molecule has 24 heavy (non-hydrogen) atoms. The van der Waals surface area contributed by atoms with Crippen LogP contribution in [0.25, 0.3) is 11.1 Å². The molecular weight excluding hydrogens is 298 g/mol. The molecule has 0 spiro atoms. The third-order valence-corrected chi connectivity index (χ3v) is 3.88. The first-order valence-electron chi connectivity index (χ1n) is 8.10. The van der Waals surface area contributed by atoms with Gasteiger partial charge in [-0.1, -0.05) is 54.6 Å². The number of benzene rings is 2. The molecule has 0 saturated heterocycles. The molecule has 3 rings (SSSR count). The molecule has 4 heteroatoms. The van der Waals surface area contributed by atoms with Gasteiger partial charge in [0.05, 0.1) is 12.7 Å². The summed E-state index contributed by atoms with van der Waals surface area (Å²) >= 11 is 0. The van der Waals surface area contributed by atoms with Crippen molar-refractivity contribution >= 4 is 5.91 Å². The molecule has 0 aliphatic heterocycles. The van der Waals surface area contributed by atoms with Gasteiger partial charge in [0.1, 0.15) is 0 Å². The van der Waals surface area contributed by atoms with Gasteiger partial charge in [-0.05, 0) is 23.6 Å². The molecule has 1 amide bonds. The minimum absolute atomic E-state index is 0.0371. The zero-order valence-electron chi connectivity index (χ0n) is 13.7. The summed E-state index contributed by atoms with van der Waals surface area (Å²) < 4.78 is 1.96. The molecule has 3 aromatic rings. The van der Waals surface area contributed by atoms with E-state index in [1.54, 1.807) is 12.5 Å². The highest BCUT2D eigenvalue weighted by Gasteiger charge is 2.09. The molecule has 0 bridgehead atoms. The van der Waals surface area contributed by atoms with Crippen LogP contribution in [0.15, 0.2) is 73.3 Å². The van der Waals surface area contributed by atoms with E-state index in [9.17, 15) is 4.79 Å².